The minimum atomic E-state index is -0.724. The third kappa shape index (κ3) is 5.12. The molecule has 1 aliphatic heterocycles. The van der Waals surface area contributed by atoms with E-state index in [1.54, 1.807) is 24.3 Å². The zero-order valence-electron chi connectivity index (χ0n) is 21.6. The number of rotatable bonds is 8. The smallest absolute Gasteiger partial charge is 0.338 e. The number of fused-ring (bicyclic) bond motifs is 3. The zero-order valence-corrected chi connectivity index (χ0v) is 22.4. The first-order chi connectivity index (χ1) is 19.9. The van der Waals surface area contributed by atoms with Crippen LogP contribution in [0.3, 0.4) is 0 Å². The maximum Gasteiger partial charge on any atom is 0.338 e. The number of carbonyl (C=O) groups is 4. The number of hydrogen-bond acceptors (Lipinski definition) is 10. The van der Waals surface area contributed by atoms with Gasteiger partial charge in [-0.15, -0.1) is 10.2 Å². The summed E-state index contributed by atoms with van der Waals surface area (Å²) in [7, 11) is 1.49. The second-order valence-corrected chi connectivity index (χ2v) is 10.3. The van der Waals surface area contributed by atoms with Gasteiger partial charge >= 0.3 is 5.97 Å². The number of ketones is 1. The van der Waals surface area contributed by atoms with Crippen molar-refractivity contribution in [1.29, 1.82) is 0 Å². The van der Waals surface area contributed by atoms with Crippen LogP contribution < -0.4 is 9.64 Å². The van der Waals surface area contributed by atoms with Crippen molar-refractivity contribution >= 4 is 63.1 Å². The number of methoxy groups -OCH3 is 1. The predicted molar refractivity (Wildman–Crippen MR) is 150 cm³/mol. The van der Waals surface area contributed by atoms with E-state index in [-0.39, 0.29) is 28.8 Å². The monoisotopic (exact) mass is 567 g/mol. The zero-order chi connectivity index (χ0) is 28.5. The molecule has 1 N–H and O–H groups in total. The van der Waals surface area contributed by atoms with E-state index in [0.717, 1.165) is 27.6 Å². The molecule has 1 fully saturated rings. The first-order valence-corrected chi connectivity index (χ1v) is 13.4. The molecule has 0 saturated carbocycles. The van der Waals surface area contributed by atoms with Gasteiger partial charge in [-0.05, 0) is 42.5 Å². The Morgan fingerprint density at radius 1 is 1.00 bits per heavy atom. The fraction of sp³-hybridized carbons (Fsp3) is 0.138. The average Bonchev–Trinajstić information content (AvgIpc) is 3.50. The van der Waals surface area contributed by atoms with Gasteiger partial charge in [-0.1, -0.05) is 42.1 Å². The van der Waals surface area contributed by atoms with E-state index in [4.69, 9.17) is 9.47 Å². The van der Waals surface area contributed by atoms with Gasteiger partial charge < -0.3 is 14.5 Å². The summed E-state index contributed by atoms with van der Waals surface area (Å²) in [5.74, 6) is -1.37. The molecule has 6 rings (SSSR count). The SMILES string of the molecule is COc1cccc(C(=O)COC(=O)c2ccc(N3C(=O)CC(Sc4nnc5c(n4)[nH]c4ccccc45)C3=O)cc2)c1. The number of nitrogens with zero attached hydrogens (tertiary/aromatic N) is 4. The Morgan fingerprint density at radius 3 is 2.61 bits per heavy atom. The molecule has 5 aromatic rings. The Bertz CT molecular complexity index is 1840. The number of imide groups is 1. The minimum absolute atomic E-state index is 0.0340. The number of esters is 1. The highest BCUT2D eigenvalue weighted by atomic mass is 32.2. The average molecular weight is 568 g/mol. The fourth-order valence-corrected chi connectivity index (χ4v) is 5.41. The lowest BCUT2D eigenvalue weighted by molar-refractivity contribution is -0.121. The largest absolute Gasteiger partial charge is 0.497 e. The van der Waals surface area contributed by atoms with Gasteiger partial charge in [-0.2, -0.15) is 0 Å². The summed E-state index contributed by atoms with van der Waals surface area (Å²) >= 11 is 1.07. The van der Waals surface area contributed by atoms with Crippen molar-refractivity contribution in [2.24, 2.45) is 0 Å². The van der Waals surface area contributed by atoms with E-state index in [2.05, 4.69) is 20.2 Å². The van der Waals surface area contributed by atoms with Crippen LogP contribution in [0.1, 0.15) is 27.1 Å². The summed E-state index contributed by atoms with van der Waals surface area (Å²) in [6.07, 6.45) is -0.0340. The number of benzene rings is 3. The Labute approximate surface area is 236 Å². The number of hydrogen-bond donors (Lipinski definition) is 1. The number of para-hydroxylation sites is 1. The molecule has 0 spiro atoms. The van der Waals surface area contributed by atoms with Crippen molar-refractivity contribution in [2.75, 3.05) is 18.6 Å². The number of nitrogens with one attached hydrogen (secondary N) is 1. The normalized spacial score (nSPS) is 15.0. The van der Waals surface area contributed by atoms with Gasteiger partial charge in [0.2, 0.25) is 17.0 Å². The number of anilines is 1. The number of amides is 2. The molecule has 41 heavy (non-hydrogen) atoms. The lowest BCUT2D eigenvalue weighted by Gasteiger charge is -2.15. The number of aromatic nitrogens is 4. The number of ether oxygens (including phenoxy) is 2. The van der Waals surface area contributed by atoms with Crippen LogP contribution in [0, 0.1) is 0 Å². The Morgan fingerprint density at radius 2 is 1.80 bits per heavy atom. The Kier molecular flexibility index (Phi) is 6.89. The Hall–Kier alpha value is -5.10. The molecule has 1 atom stereocenters. The summed E-state index contributed by atoms with van der Waals surface area (Å²) in [6, 6.07) is 20.0. The molecule has 11 nitrogen and oxygen atoms in total. The Balaban J connectivity index is 1.10. The standard InChI is InChI=1S/C29H21N5O6S/c1-39-19-6-4-5-17(13-19)22(35)15-40-28(38)16-9-11-18(12-10-16)34-24(36)14-23(27(34)37)41-29-31-26-25(32-33-29)20-7-2-3-8-21(20)30-26/h2-13,23H,14-15H2,1H3,(H,30,31,33). The van der Waals surface area contributed by atoms with Gasteiger partial charge in [0.1, 0.15) is 16.5 Å². The number of aromatic amines is 1. The van der Waals surface area contributed by atoms with Crippen molar-refractivity contribution in [1.82, 2.24) is 20.2 Å². The minimum Gasteiger partial charge on any atom is -0.497 e. The molecule has 0 radical (unpaired) electrons. The molecule has 0 aliphatic carbocycles. The summed E-state index contributed by atoms with van der Waals surface area (Å²) in [6.45, 7) is -0.447. The highest BCUT2D eigenvalue weighted by Gasteiger charge is 2.41. The molecule has 1 aliphatic rings. The summed E-state index contributed by atoms with van der Waals surface area (Å²) in [5.41, 5.74) is 2.89. The van der Waals surface area contributed by atoms with Crippen molar-refractivity contribution in [2.45, 2.75) is 16.8 Å². The summed E-state index contributed by atoms with van der Waals surface area (Å²) < 4.78 is 10.3. The van der Waals surface area contributed by atoms with Crippen LogP contribution in [0.2, 0.25) is 0 Å². The number of carbonyl (C=O) groups excluding carboxylic acids is 4. The van der Waals surface area contributed by atoms with Crippen molar-refractivity contribution in [3.8, 4) is 5.75 Å². The van der Waals surface area contributed by atoms with Crippen LogP contribution in [0.15, 0.2) is 78.0 Å². The van der Waals surface area contributed by atoms with Gasteiger partial charge in [0.05, 0.1) is 18.4 Å². The third-order valence-electron chi connectivity index (χ3n) is 6.54. The third-order valence-corrected chi connectivity index (χ3v) is 7.58. The van der Waals surface area contributed by atoms with E-state index in [0.29, 0.717) is 28.2 Å². The van der Waals surface area contributed by atoms with Crippen molar-refractivity contribution < 1.29 is 28.7 Å². The predicted octanol–water partition coefficient (Wildman–Crippen LogP) is 3.98. The molecule has 204 valence electrons. The van der Waals surface area contributed by atoms with Crippen molar-refractivity contribution in [3.05, 3.63) is 83.9 Å². The van der Waals surface area contributed by atoms with E-state index >= 15 is 0 Å². The van der Waals surface area contributed by atoms with E-state index in [1.165, 1.54) is 31.4 Å². The first-order valence-electron chi connectivity index (χ1n) is 12.5. The quantitative estimate of drug-likeness (QED) is 0.166. The van der Waals surface area contributed by atoms with Crippen LogP contribution >= 0.6 is 11.8 Å². The first kappa shape index (κ1) is 26.1. The molecule has 12 heteroatoms. The maximum atomic E-state index is 13.2. The van der Waals surface area contributed by atoms with E-state index < -0.39 is 23.7 Å². The highest BCUT2D eigenvalue weighted by Crippen LogP contribution is 2.33. The van der Waals surface area contributed by atoms with Gasteiger partial charge in [0.15, 0.2) is 18.0 Å². The maximum absolute atomic E-state index is 13.2. The number of Topliss-reactive ketones (excluding diaryl/α,β-unsaturated/α-hetero) is 1. The van der Waals surface area contributed by atoms with Crippen LogP contribution in [-0.2, 0) is 14.3 Å². The van der Waals surface area contributed by atoms with Crippen LogP contribution in [-0.4, -0.2) is 62.7 Å². The van der Waals surface area contributed by atoms with Crippen LogP contribution in [0.5, 0.6) is 5.75 Å². The lowest BCUT2D eigenvalue weighted by atomic mass is 10.1. The molecule has 2 aromatic heterocycles. The summed E-state index contributed by atoms with van der Waals surface area (Å²) in [4.78, 5) is 59.6. The molecule has 1 saturated heterocycles. The van der Waals surface area contributed by atoms with Gasteiger partial charge in [0.25, 0.3) is 0 Å². The molecule has 3 heterocycles. The fourth-order valence-electron chi connectivity index (χ4n) is 4.49. The molecular formula is C29H21N5O6S. The van der Waals surface area contributed by atoms with E-state index in [9.17, 15) is 19.2 Å². The van der Waals surface area contributed by atoms with Crippen molar-refractivity contribution in [3.63, 3.8) is 0 Å². The second kappa shape index (κ2) is 10.8. The second-order valence-electron chi connectivity index (χ2n) is 9.12. The molecule has 1 unspecified atom stereocenters. The van der Waals surface area contributed by atoms with Gasteiger partial charge in [-0.3, -0.25) is 14.4 Å². The van der Waals surface area contributed by atoms with Gasteiger partial charge in [0, 0.05) is 22.9 Å². The van der Waals surface area contributed by atoms with Crippen LogP contribution in [0.4, 0.5) is 5.69 Å². The molecular weight excluding hydrogens is 546 g/mol. The molecule has 2 amide bonds. The van der Waals surface area contributed by atoms with E-state index in [1.807, 2.05) is 24.3 Å². The topological polar surface area (TPSA) is 144 Å². The number of thioether (sulfide) groups is 1. The lowest BCUT2D eigenvalue weighted by Crippen LogP contribution is -2.31. The summed E-state index contributed by atoms with van der Waals surface area (Å²) in [5, 5.41) is 8.87. The van der Waals surface area contributed by atoms with Crippen LogP contribution in [0.25, 0.3) is 22.1 Å². The highest BCUT2D eigenvalue weighted by molar-refractivity contribution is 8.00. The van der Waals surface area contributed by atoms with Gasteiger partial charge in [-0.25, -0.2) is 14.7 Å². The molecule has 3 aromatic carbocycles. The number of H-pyrrole nitrogens is 1. The molecule has 0 bridgehead atoms.